The molecule has 1 heterocycles. The summed E-state index contributed by atoms with van der Waals surface area (Å²) in [6, 6.07) is 4.49. The normalized spacial score (nSPS) is 12.5. The average molecular weight is 286 g/mol. The van der Waals surface area contributed by atoms with Crippen molar-refractivity contribution in [3.05, 3.63) is 50.4 Å². The van der Waals surface area contributed by atoms with Crippen molar-refractivity contribution in [1.29, 1.82) is 0 Å². The van der Waals surface area contributed by atoms with Crippen LogP contribution in [0.5, 0.6) is 5.75 Å². The van der Waals surface area contributed by atoms with Gasteiger partial charge in [0.25, 0.3) is 0 Å². The Morgan fingerprint density at radius 3 is 2.72 bits per heavy atom. The summed E-state index contributed by atoms with van der Waals surface area (Å²) in [4.78, 5) is 0.930. The van der Waals surface area contributed by atoms with Crippen LogP contribution in [0.2, 0.25) is 5.02 Å². The number of rotatable bonds is 3. The fourth-order valence-corrected chi connectivity index (χ4v) is 2.82. The minimum atomic E-state index is -0.370. The summed E-state index contributed by atoms with van der Waals surface area (Å²) in [5.74, 6) is 0.445. The maximum Gasteiger partial charge on any atom is 0.129 e. The highest BCUT2D eigenvalue weighted by molar-refractivity contribution is 7.10. The van der Waals surface area contributed by atoms with Crippen molar-refractivity contribution >= 4 is 22.9 Å². The molecule has 2 rings (SSSR count). The lowest BCUT2D eigenvalue weighted by Crippen LogP contribution is -2.11. The number of nitrogens with two attached hydrogens (primary N) is 1. The number of thiophene rings is 1. The maximum atomic E-state index is 13.3. The molecule has 0 saturated heterocycles. The van der Waals surface area contributed by atoms with Crippen molar-refractivity contribution in [3.8, 4) is 5.75 Å². The van der Waals surface area contributed by atoms with Crippen LogP contribution in [0.3, 0.4) is 0 Å². The van der Waals surface area contributed by atoms with E-state index in [4.69, 9.17) is 22.1 Å². The summed E-state index contributed by atoms with van der Waals surface area (Å²) < 4.78 is 18.5. The highest BCUT2D eigenvalue weighted by atomic mass is 35.5. The number of hydrogen-bond acceptors (Lipinski definition) is 3. The lowest BCUT2D eigenvalue weighted by atomic mass is 10.0. The molecule has 2 nitrogen and oxygen atoms in total. The van der Waals surface area contributed by atoms with E-state index < -0.39 is 0 Å². The molecule has 2 aromatic rings. The highest BCUT2D eigenvalue weighted by Gasteiger charge is 2.16. The smallest absolute Gasteiger partial charge is 0.129 e. The van der Waals surface area contributed by atoms with Crippen LogP contribution in [0.1, 0.15) is 22.0 Å². The highest BCUT2D eigenvalue weighted by Crippen LogP contribution is 2.33. The van der Waals surface area contributed by atoms with E-state index in [0.29, 0.717) is 10.6 Å². The molecule has 1 unspecified atom stereocenters. The Labute approximate surface area is 114 Å². The van der Waals surface area contributed by atoms with Gasteiger partial charge in [-0.25, -0.2) is 4.39 Å². The van der Waals surface area contributed by atoms with Crippen LogP contribution in [0, 0.1) is 12.7 Å². The lowest BCUT2D eigenvalue weighted by Gasteiger charge is -2.13. The van der Waals surface area contributed by atoms with Gasteiger partial charge in [-0.05, 0) is 36.2 Å². The predicted octanol–water partition coefficient (Wildman–Crippen LogP) is 3.91. The number of aryl methyl sites for hydroxylation is 1. The van der Waals surface area contributed by atoms with Crippen LogP contribution in [0.15, 0.2) is 23.6 Å². The molecule has 96 valence electrons. The zero-order valence-corrected chi connectivity index (χ0v) is 11.6. The molecule has 0 bridgehead atoms. The molecule has 0 aliphatic heterocycles. The van der Waals surface area contributed by atoms with Gasteiger partial charge in [0.2, 0.25) is 0 Å². The molecular weight excluding hydrogens is 273 g/mol. The van der Waals surface area contributed by atoms with E-state index in [9.17, 15) is 4.39 Å². The van der Waals surface area contributed by atoms with E-state index in [2.05, 4.69) is 0 Å². The predicted molar refractivity (Wildman–Crippen MR) is 73.0 cm³/mol. The third kappa shape index (κ3) is 2.51. The van der Waals surface area contributed by atoms with Crippen LogP contribution in [0.25, 0.3) is 0 Å². The molecule has 2 N–H and O–H groups in total. The first-order valence-corrected chi connectivity index (χ1v) is 6.62. The third-order valence-corrected chi connectivity index (χ3v) is 4.07. The van der Waals surface area contributed by atoms with Gasteiger partial charge in [0.1, 0.15) is 11.6 Å². The first-order valence-electron chi connectivity index (χ1n) is 5.36. The Bertz CT molecular complexity index is 570. The van der Waals surface area contributed by atoms with E-state index in [-0.39, 0.29) is 11.9 Å². The standard InChI is InChI=1S/C13H13ClFNOS/c1-7-3-9(10(14)5-11(7)15)13(16)12-4-8(17-2)6-18-12/h3-6,13H,16H2,1-2H3. The Morgan fingerprint density at radius 2 is 2.11 bits per heavy atom. The molecule has 18 heavy (non-hydrogen) atoms. The quantitative estimate of drug-likeness (QED) is 0.928. The Morgan fingerprint density at radius 1 is 1.39 bits per heavy atom. The number of benzene rings is 1. The molecule has 1 atom stereocenters. The van der Waals surface area contributed by atoms with Crippen molar-refractivity contribution in [2.24, 2.45) is 5.73 Å². The average Bonchev–Trinajstić information content (AvgIpc) is 2.81. The molecule has 0 aliphatic carbocycles. The molecule has 1 aromatic carbocycles. The molecule has 5 heteroatoms. The van der Waals surface area contributed by atoms with Crippen molar-refractivity contribution in [2.45, 2.75) is 13.0 Å². The lowest BCUT2D eigenvalue weighted by molar-refractivity contribution is 0.416. The van der Waals surface area contributed by atoms with Crippen molar-refractivity contribution in [2.75, 3.05) is 7.11 Å². The Kier molecular flexibility index (Phi) is 3.90. The van der Waals surface area contributed by atoms with E-state index in [1.807, 2.05) is 11.4 Å². The van der Waals surface area contributed by atoms with Gasteiger partial charge in [0.15, 0.2) is 0 Å². The van der Waals surface area contributed by atoms with Crippen molar-refractivity contribution in [1.82, 2.24) is 0 Å². The minimum Gasteiger partial charge on any atom is -0.496 e. The number of hydrogen-bond donors (Lipinski definition) is 1. The molecule has 0 amide bonds. The second kappa shape index (κ2) is 5.26. The molecular formula is C13H13ClFNOS. The number of halogens is 2. The molecule has 0 spiro atoms. The molecule has 1 aromatic heterocycles. The van der Waals surface area contributed by atoms with Gasteiger partial charge in [-0.2, -0.15) is 0 Å². The zero-order chi connectivity index (χ0) is 13.3. The Balaban J connectivity index is 2.39. The minimum absolute atomic E-state index is 0.320. The Hall–Kier alpha value is -1.10. The van der Waals surface area contributed by atoms with Gasteiger partial charge in [0.05, 0.1) is 13.2 Å². The number of methoxy groups -OCH3 is 1. The number of ether oxygens (including phenoxy) is 1. The van der Waals surface area contributed by atoms with Crippen LogP contribution < -0.4 is 10.5 Å². The van der Waals surface area contributed by atoms with Gasteiger partial charge in [-0.15, -0.1) is 11.3 Å². The van der Waals surface area contributed by atoms with Gasteiger partial charge < -0.3 is 10.5 Å². The first kappa shape index (κ1) is 13.3. The van der Waals surface area contributed by atoms with Crippen molar-refractivity contribution in [3.63, 3.8) is 0 Å². The fourth-order valence-electron chi connectivity index (χ4n) is 1.68. The van der Waals surface area contributed by atoms with Gasteiger partial charge >= 0.3 is 0 Å². The van der Waals surface area contributed by atoms with E-state index in [1.165, 1.54) is 17.4 Å². The zero-order valence-electron chi connectivity index (χ0n) is 10.0. The summed E-state index contributed by atoms with van der Waals surface area (Å²) in [7, 11) is 1.60. The summed E-state index contributed by atoms with van der Waals surface area (Å²) in [5.41, 5.74) is 7.41. The van der Waals surface area contributed by atoms with E-state index in [0.717, 1.165) is 16.2 Å². The largest absolute Gasteiger partial charge is 0.496 e. The fraction of sp³-hybridized carbons (Fsp3) is 0.231. The summed E-state index contributed by atoms with van der Waals surface area (Å²) in [6.07, 6.45) is 0. The van der Waals surface area contributed by atoms with Crippen LogP contribution in [-0.2, 0) is 0 Å². The van der Waals surface area contributed by atoms with Crippen molar-refractivity contribution < 1.29 is 9.13 Å². The van der Waals surface area contributed by atoms with E-state index in [1.54, 1.807) is 20.1 Å². The van der Waals surface area contributed by atoms with E-state index >= 15 is 0 Å². The monoisotopic (exact) mass is 285 g/mol. The SMILES string of the molecule is COc1csc(C(N)c2cc(C)c(F)cc2Cl)c1. The second-order valence-corrected chi connectivity index (χ2v) is 5.34. The summed E-state index contributed by atoms with van der Waals surface area (Å²) >= 11 is 7.53. The first-order chi connectivity index (χ1) is 8.52. The van der Waals surface area contributed by atoms with Gasteiger partial charge in [-0.1, -0.05) is 11.6 Å². The van der Waals surface area contributed by atoms with Crippen LogP contribution >= 0.6 is 22.9 Å². The maximum absolute atomic E-state index is 13.3. The van der Waals surface area contributed by atoms with Gasteiger partial charge in [0, 0.05) is 15.3 Å². The molecule has 0 aliphatic rings. The van der Waals surface area contributed by atoms with Crippen LogP contribution in [-0.4, -0.2) is 7.11 Å². The molecule has 0 radical (unpaired) electrons. The van der Waals surface area contributed by atoms with Gasteiger partial charge in [-0.3, -0.25) is 0 Å². The molecule has 0 saturated carbocycles. The summed E-state index contributed by atoms with van der Waals surface area (Å²) in [5, 5.41) is 2.22. The summed E-state index contributed by atoms with van der Waals surface area (Å²) in [6.45, 7) is 1.69. The topological polar surface area (TPSA) is 35.2 Å². The second-order valence-electron chi connectivity index (χ2n) is 3.99. The van der Waals surface area contributed by atoms with Crippen LogP contribution in [0.4, 0.5) is 4.39 Å². The molecule has 0 fully saturated rings. The third-order valence-electron chi connectivity index (χ3n) is 2.75.